The summed E-state index contributed by atoms with van der Waals surface area (Å²) in [6.07, 6.45) is -3.09. The Kier molecular flexibility index (Phi) is 4.42. The summed E-state index contributed by atoms with van der Waals surface area (Å²) in [5.74, 6) is -0.258. The summed E-state index contributed by atoms with van der Waals surface area (Å²) in [4.78, 5) is 11.9. The van der Waals surface area contributed by atoms with Gasteiger partial charge >= 0.3 is 0 Å². The standard InChI is InChI=1S/C16H15FO2/c17-16(13-9-5-2-6-10-13)15(19)11-14(18)12-7-3-1-4-8-12/h1-10,15-16,19H,11H2. The predicted molar refractivity (Wildman–Crippen MR) is 71.7 cm³/mol. The quantitative estimate of drug-likeness (QED) is 0.835. The minimum absolute atomic E-state index is 0.222. The first kappa shape index (κ1) is 13.4. The van der Waals surface area contributed by atoms with Crippen LogP contribution < -0.4 is 0 Å². The van der Waals surface area contributed by atoms with Crippen molar-refractivity contribution in [3.63, 3.8) is 0 Å². The second-order valence-electron chi connectivity index (χ2n) is 4.37. The molecule has 98 valence electrons. The van der Waals surface area contributed by atoms with Crippen molar-refractivity contribution in [1.29, 1.82) is 0 Å². The van der Waals surface area contributed by atoms with Crippen molar-refractivity contribution in [2.24, 2.45) is 0 Å². The Bertz CT molecular complexity index is 525. The molecule has 0 amide bonds. The number of benzene rings is 2. The topological polar surface area (TPSA) is 37.3 Å². The maximum absolute atomic E-state index is 14.0. The molecule has 1 N–H and O–H groups in total. The van der Waals surface area contributed by atoms with E-state index in [0.717, 1.165) is 0 Å². The number of rotatable bonds is 5. The highest BCUT2D eigenvalue weighted by molar-refractivity contribution is 5.96. The number of alkyl halides is 1. The first-order chi connectivity index (χ1) is 9.18. The van der Waals surface area contributed by atoms with Gasteiger partial charge in [0, 0.05) is 12.0 Å². The van der Waals surface area contributed by atoms with Gasteiger partial charge in [-0.05, 0) is 5.56 Å². The van der Waals surface area contributed by atoms with Crippen molar-refractivity contribution < 1.29 is 14.3 Å². The van der Waals surface area contributed by atoms with E-state index in [1.807, 2.05) is 0 Å². The fourth-order valence-electron chi connectivity index (χ4n) is 1.89. The maximum atomic E-state index is 14.0. The fourth-order valence-corrected chi connectivity index (χ4v) is 1.89. The normalized spacial score (nSPS) is 13.8. The van der Waals surface area contributed by atoms with E-state index >= 15 is 0 Å². The smallest absolute Gasteiger partial charge is 0.165 e. The van der Waals surface area contributed by atoms with Crippen molar-refractivity contribution in [1.82, 2.24) is 0 Å². The van der Waals surface area contributed by atoms with Crippen LogP contribution in [0.2, 0.25) is 0 Å². The summed E-state index contributed by atoms with van der Waals surface area (Å²) in [5.41, 5.74) is 0.873. The lowest BCUT2D eigenvalue weighted by Crippen LogP contribution is -2.19. The molecule has 0 fully saturated rings. The second-order valence-corrected chi connectivity index (χ2v) is 4.37. The van der Waals surface area contributed by atoms with Gasteiger partial charge in [0.05, 0.1) is 6.10 Å². The van der Waals surface area contributed by atoms with Crippen LogP contribution in [0, 0.1) is 0 Å². The Morgan fingerprint density at radius 3 is 2.11 bits per heavy atom. The molecule has 2 atom stereocenters. The second kappa shape index (κ2) is 6.25. The summed E-state index contributed by atoms with van der Waals surface area (Å²) in [6.45, 7) is 0. The summed E-state index contributed by atoms with van der Waals surface area (Å²) >= 11 is 0. The largest absolute Gasteiger partial charge is 0.389 e. The Morgan fingerprint density at radius 1 is 1.00 bits per heavy atom. The summed E-state index contributed by atoms with van der Waals surface area (Å²) < 4.78 is 14.0. The molecule has 0 bridgehead atoms. The molecular formula is C16H15FO2. The molecule has 2 aromatic carbocycles. The van der Waals surface area contributed by atoms with Gasteiger partial charge in [-0.2, -0.15) is 0 Å². The van der Waals surface area contributed by atoms with Crippen LogP contribution in [0.5, 0.6) is 0 Å². The van der Waals surface area contributed by atoms with Crippen molar-refractivity contribution in [2.75, 3.05) is 0 Å². The average molecular weight is 258 g/mol. The Balaban J connectivity index is 2.02. The van der Waals surface area contributed by atoms with E-state index in [4.69, 9.17) is 0 Å². The third kappa shape index (κ3) is 3.48. The number of ketones is 1. The van der Waals surface area contributed by atoms with E-state index in [0.29, 0.717) is 11.1 Å². The van der Waals surface area contributed by atoms with E-state index in [1.54, 1.807) is 60.7 Å². The van der Waals surface area contributed by atoms with Crippen LogP contribution in [-0.2, 0) is 0 Å². The molecule has 2 unspecified atom stereocenters. The van der Waals surface area contributed by atoms with Gasteiger partial charge in [-0.1, -0.05) is 60.7 Å². The lowest BCUT2D eigenvalue weighted by Gasteiger charge is -2.15. The highest BCUT2D eigenvalue weighted by Gasteiger charge is 2.23. The van der Waals surface area contributed by atoms with Crippen molar-refractivity contribution in [3.8, 4) is 0 Å². The number of aliphatic hydroxyl groups excluding tert-OH is 1. The highest BCUT2D eigenvalue weighted by atomic mass is 19.1. The molecule has 0 saturated carbocycles. The van der Waals surface area contributed by atoms with E-state index < -0.39 is 12.3 Å². The summed E-state index contributed by atoms with van der Waals surface area (Å²) in [6, 6.07) is 17.0. The van der Waals surface area contributed by atoms with E-state index in [2.05, 4.69) is 0 Å². The van der Waals surface area contributed by atoms with Crippen molar-refractivity contribution in [2.45, 2.75) is 18.7 Å². The molecule has 3 heteroatoms. The van der Waals surface area contributed by atoms with Crippen LogP contribution in [0.25, 0.3) is 0 Å². The van der Waals surface area contributed by atoms with Crippen molar-refractivity contribution >= 4 is 5.78 Å². The number of Topliss-reactive ketones (excluding diaryl/α,β-unsaturated/α-hetero) is 1. The molecule has 0 aliphatic rings. The molecule has 2 rings (SSSR count). The zero-order chi connectivity index (χ0) is 13.7. The van der Waals surface area contributed by atoms with Crippen LogP contribution in [0.1, 0.15) is 28.5 Å². The third-order valence-electron chi connectivity index (χ3n) is 2.95. The van der Waals surface area contributed by atoms with Gasteiger partial charge in [-0.3, -0.25) is 4.79 Å². The predicted octanol–water partition coefficient (Wildman–Crippen LogP) is 3.33. The molecule has 0 aliphatic heterocycles. The SMILES string of the molecule is O=C(CC(O)C(F)c1ccccc1)c1ccccc1. The van der Waals surface area contributed by atoms with E-state index in [9.17, 15) is 14.3 Å². The zero-order valence-corrected chi connectivity index (χ0v) is 10.4. The lowest BCUT2D eigenvalue weighted by molar-refractivity contribution is 0.0598. The molecular weight excluding hydrogens is 243 g/mol. The summed E-state index contributed by atoms with van der Waals surface area (Å²) in [5, 5.41) is 9.81. The van der Waals surface area contributed by atoms with Gasteiger partial charge in [0.25, 0.3) is 0 Å². The third-order valence-corrected chi connectivity index (χ3v) is 2.95. The van der Waals surface area contributed by atoms with Gasteiger partial charge in [0.2, 0.25) is 0 Å². The monoisotopic (exact) mass is 258 g/mol. The van der Waals surface area contributed by atoms with Crippen molar-refractivity contribution in [3.05, 3.63) is 71.8 Å². The first-order valence-electron chi connectivity index (χ1n) is 6.14. The van der Waals surface area contributed by atoms with Crippen LogP contribution in [0.3, 0.4) is 0 Å². The van der Waals surface area contributed by atoms with Gasteiger partial charge in [0.1, 0.15) is 0 Å². The number of hydrogen-bond acceptors (Lipinski definition) is 2. The molecule has 0 aromatic heterocycles. The molecule has 0 spiro atoms. The molecule has 2 aromatic rings. The lowest BCUT2D eigenvalue weighted by atomic mass is 9.99. The molecule has 0 radical (unpaired) electrons. The molecule has 0 saturated heterocycles. The Hall–Kier alpha value is -2.00. The molecule has 0 heterocycles. The number of hydrogen-bond donors (Lipinski definition) is 1. The average Bonchev–Trinajstić information content (AvgIpc) is 2.48. The zero-order valence-electron chi connectivity index (χ0n) is 10.4. The van der Waals surface area contributed by atoms with Gasteiger partial charge in [0.15, 0.2) is 12.0 Å². The van der Waals surface area contributed by atoms with E-state index in [-0.39, 0.29) is 12.2 Å². The van der Waals surface area contributed by atoms with Gasteiger partial charge in [-0.25, -0.2) is 4.39 Å². The van der Waals surface area contributed by atoms with Crippen LogP contribution >= 0.6 is 0 Å². The summed E-state index contributed by atoms with van der Waals surface area (Å²) in [7, 11) is 0. The van der Waals surface area contributed by atoms with Gasteiger partial charge in [-0.15, -0.1) is 0 Å². The number of carbonyl (C=O) groups is 1. The van der Waals surface area contributed by atoms with Gasteiger partial charge < -0.3 is 5.11 Å². The maximum Gasteiger partial charge on any atom is 0.165 e. The molecule has 2 nitrogen and oxygen atoms in total. The Morgan fingerprint density at radius 2 is 1.53 bits per heavy atom. The number of aliphatic hydroxyl groups is 1. The minimum atomic E-state index is -1.55. The first-order valence-corrected chi connectivity index (χ1v) is 6.14. The molecule has 19 heavy (non-hydrogen) atoms. The highest BCUT2D eigenvalue weighted by Crippen LogP contribution is 2.24. The number of carbonyl (C=O) groups excluding carboxylic acids is 1. The van der Waals surface area contributed by atoms with Crippen LogP contribution in [-0.4, -0.2) is 17.0 Å². The molecule has 0 aliphatic carbocycles. The Labute approximate surface area is 111 Å². The van der Waals surface area contributed by atoms with Crippen LogP contribution in [0.4, 0.5) is 4.39 Å². The fraction of sp³-hybridized carbons (Fsp3) is 0.188. The van der Waals surface area contributed by atoms with E-state index in [1.165, 1.54) is 0 Å². The number of halogens is 1. The van der Waals surface area contributed by atoms with Crippen LogP contribution in [0.15, 0.2) is 60.7 Å². The minimum Gasteiger partial charge on any atom is -0.389 e.